The molecular formula is C20H26N4O3. The summed E-state index contributed by atoms with van der Waals surface area (Å²) in [5, 5.41) is 7.98. The smallest absolute Gasteiger partial charge is 0.315 e. The van der Waals surface area contributed by atoms with Crippen molar-refractivity contribution >= 4 is 23.3 Å². The van der Waals surface area contributed by atoms with Crippen LogP contribution < -0.4 is 25.6 Å². The van der Waals surface area contributed by atoms with Crippen LogP contribution in [0.15, 0.2) is 48.5 Å². The highest BCUT2D eigenvalue weighted by atomic mass is 16.5. The zero-order valence-electron chi connectivity index (χ0n) is 15.9. The molecule has 2 aromatic carbocycles. The molecule has 0 aliphatic carbocycles. The fraction of sp³-hybridized carbons (Fsp3) is 0.300. The summed E-state index contributed by atoms with van der Waals surface area (Å²) in [4.78, 5) is 25.8. The van der Waals surface area contributed by atoms with E-state index in [-0.39, 0.29) is 12.5 Å². The van der Waals surface area contributed by atoms with E-state index >= 15 is 0 Å². The number of nitrogens with zero attached hydrogens (tertiary/aromatic N) is 1. The fourth-order valence-corrected chi connectivity index (χ4v) is 2.32. The minimum atomic E-state index is -0.395. The molecule has 0 aromatic heterocycles. The lowest BCUT2D eigenvalue weighted by atomic mass is 10.2. The van der Waals surface area contributed by atoms with Crippen LogP contribution >= 0.6 is 0 Å². The van der Waals surface area contributed by atoms with Crippen LogP contribution in [-0.4, -0.2) is 39.2 Å². The number of carbonyl (C=O) groups excluding carboxylic acids is 2. The van der Waals surface area contributed by atoms with Gasteiger partial charge < -0.3 is 25.6 Å². The standard InChI is InChI=1S/C20H26N4O3/c1-4-27-18-11-7-16(8-12-18)23-19(25)14-22-20(26)21-13-15-5-9-17(10-6-15)24(2)3/h5-12H,4,13-14H2,1-3H3,(H,23,25)(H2,21,22,26). The van der Waals surface area contributed by atoms with Crippen molar-refractivity contribution in [3.8, 4) is 5.75 Å². The first-order valence-electron chi connectivity index (χ1n) is 8.78. The van der Waals surface area contributed by atoms with Gasteiger partial charge in [-0.2, -0.15) is 0 Å². The molecule has 0 unspecified atom stereocenters. The molecule has 3 amide bonds. The predicted molar refractivity (Wildman–Crippen MR) is 107 cm³/mol. The van der Waals surface area contributed by atoms with E-state index in [1.807, 2.05) is 50.2 Å². The number of hydrogen-bond donors (Lipinski definition) is 3. The molecule has 7 nitrogen and oxygen atoms in total. The van der Waals surface area contributed by atoms with E-state index < -0.39 is 6.03 Å². The Bertz CT molecular complexity index is 743. The van der Waals surface area contributed by atoms with Crippen molar-refractivity contribution in [1.29, 1.82) is 0 Å². The Morgan fingerprint density at radius 3 is 2.22 bits per heavy atom. The van der Waals surface area contributed by atoms with Gasteiger partial charge in [-0.15, -0.1) is 0 Å². The lowest BCUT2D eigenvalue weighted by Gasteiger charge is -2.13. The Kier molecular flexibility index (Phi) is 7.49. The topological polar surface area (TPSA) is 82.7 Å². The number of benzene rings is 2. The summed E-state index contributed by atoms with van der Waals surface area (Å²) >= 11 is 0. The zero-order chi connectivity index (χ0) is 19.6. The number of nitrogens with one attached hydrogen (secondary N) is 3. The van der Waals surface area contributed by atoms with Gasteiger partial charge in [0.05, 0.1) is 13.2 Å². The highest BCUT2D eigenvalue weighted by molar-refractivity contribution is 5.94. The normalized spacial score (nSPS) is 10.0. The molecular weight excluding hydrogens is 344 g/mol. The molecule has 2 aromatic rings. The van der Waals surface area contributed by atoms with Gasteiger partial charge in [0.1, 0.15) is 5.75 Å². The molecule has 2 rings (SSSR count). The molecule has 0 bridgehead atoms. The van der Waals surface area contributed by atoms with Gasteiger partial charge in [0, 0.05) is 32.0 Å². The summed E-state index contributed by atoms with van der Waals surface area (Å²) < 4.78 is 5.35. The third-order valence-corrected chi connectivity index (χ3v) is 3.76. The first-order chi connectivity index (χ1) is 13.0. The minimum Gasteiger partial charge on any atom is -0.494 e. The van der Waals surface area contributed by atoms with E-state index in [0.717, 1.165) is 17.0 Å². The molecule has 3 N–H and O–H groups in total. The fourth-order valence-electron chi connectivity index (χ4n) is 2.32. The highest BCUT2D eigenvalue weighted by Crippen LogP contribution is 2.15. The van der Waals surface area contributed by atoms with E-state index in [4.69, 9.17) is 4.74 Å². The molecule has 144 valence electrons. The number of carbonyl (C=O) groups is 2. The van der Waals surface area contributed by atoms with Crippen molar-refractivity contribution in [3.05, 3.63) is 54.1 Å². The van der Waals surface area contributed by atoms with Crippen molar-refractivity contribution in [1.82, 2.24) is 10.6 Å². The zero-order valence-corrected chi connectivity index (χ0v) is 15.9. The molecule has 0 aliphatic rings. The third kappa shape index (κ3) is 6.89. The van der Waals surface area contributed by atoms with Crippen LogP contribution in [-0.2, 0) is 11.3 Å². The van der Waals surface area contributed by atoms with Gasteiger partial charge in [0.15, 0.2) is 0 Å². The van der Waals surface area contributed by atoms with Crippen LogP contribution in [0.25, 0.3) is 0 Å². The van der Waals surface area contributed by atoms with E-state index in [0.29, 0.717) is 18.8 Å². The van der Waals surface area contributed by atoms with Gasteiger partial charge in [-0.1, -0.05) is 12.1 Å². The average molecular weight is 370 g/mol. The predicted octanol–water partition coefficient (Wildman–Crippen LogP) is 2.59. The van der Waals surface area contributed by atoms with Crippen molar-refractivity contribution in [2.75, 3.05) is 37.5 Å². The Labute approximate surface area is 159 Å². The van der Waals surface area contributed by atoms with Gasteiger partial charge in [0.2, 0.25) is 5.91 Å². The van der Waals surface area contributed by atoms with Crippen LogP contribution in [0.3, 0.4) is 0 Å². The summed E-state index contributed by atoms with van der Waals surface area (Å²) in [5.41, 5.74) is 2.72. The molecule has 27 heavy (non-hydrogen) atoms. The summed E-state index contributed by atoms with van der Waals surface area (Å²) in [6, 6.07) is 14.5. The first kappa shape index (κ1) is 20.1. The molecule has 0 atom stereocenters. The second-order valence-electron chi connectivity index (χ2n) is 6.10. The van der Waals surface area contributed by atoms with Crippen molar-refractivity contribution in [2.45, 2.75) is 13.5 Å². The molecule has 0 saturated heterocycles. The van der Waals surface area contributed by atoms with Gasteiger partial charge in [-0.25, -0.2) is 4.79 Å². The van der Waals surface area contributed by atoms with Gasteiger partial charge in [-0.3, -0.25) is 4.79 Å². The summed E-state index contributed by atoms with van der Waals surface area (Å²) in [6.07, 6.45) is 0. The van der Waals surface area contributed by atoms with E-state index in [1.165, 1.54) is 0 Å². The minimum absolute atomic E-state index is 0.112. The van der Waals surface area contributed by atoms with Crippen LogP contribution in [0.1, 0.15) is 12.5 Å². The van der Waals surface area contributed by atoms with E-state index in [1.54, 1.807) is 24.3 Å². The number of amides is 3. The Morgan fingerprint density at radius 1 is 0.963 bits per heavy atom. The Hall–Kier alpha value is -3.22. The van der Waals surface area contributed by atoms with Crippen molar-refractivity contribution in [2.24, 2.45) is 0 Å². The monoisotopic (exact) mass is 370 g/mol. The Morgan fingerprint density at radius 2 is 1.63 bits per heavy atom. The van der Waals surface area contributed by atoms with Crippen LogP contribution in [0, 0.1) is 0 Å². The molecule has 0 saturated carbocycles. The maximum Gasteiger partial charge on any atom is 0.315 e. The lowest BCUT2D eigenvalue weighted by Crippen LogP contribution is -2.39. The van der Waals surface area contributed by atoms with Crippen molar-refractivity contribution in [3.63, 3.8) is 0 Å². The third-order valence-electron chi connectivity index (χ3n) is 3.76. The summed E-state index contributed by atoms with van der Waals surface area (Å²) in [5.74, 6) is 0.441. The molecule has 0 aliphatic heterocycles. The first-order valence-corrected chi connectivity index (χ1v) is 8.78. The summed E-state index contributed by atoms with van der Waals surface area (Å²) in [6.45, 7) is 2.77. The highest BCUT2D eigenvalue weighted by Gasteiger charge is 2.06. The second kappa shape index (κ2) is 10.1. The number of urea groups is 1. The lowest BCUT2D eigenvalue weighted by molar-refractivity contribution is -0.115. The van der Waals surface area contributed by atoms with Crippen LogP contribution in [0.4, 0.5) is 16.2 Å². The number of ether oxygens (including phenoxy) is 1. The quantitative estimate of drug-likeness (QED) is 0.667. The molecule has 0 radical (unpaired) electrons. The maximum atomic E-state index is 11.9. The number of hydrogen-bond acceptors (Lipinski definition) is 4. The molecule has 0 fully saturated rings. The number of rotatable bonds is 8. The van der Waals surface area contributed by atoms with Gasteiger partial charge in [-0.05, 0) is 48.9 Å². The molecule has 0 spiro atoms. The van der Waals surface area contributed by atoms with Crippen molar-refractivity contribution < 1.29 is 14.3 Å². The van der Waals surface area contributed by atoms with Crippen LogP contribution in [0.2, 0.25) is 0 Å². The van der Waals surface area contributed by atoms with Crippen LogP contribution in [0.5, 0.6) is 5.75 Å². The maximum absolute atomic E-state index is 11.9. The van der Waals surface area contributed by atoms with Gasteiger partial charge in [0.25, 0.3) is 0 Å². The molecule has 0 heterocycles. The molecule has 7 heteroatoms. The SMILES string of the molecule is CCOc1ccc(NC(=O)CNC(=O)NCc2ccc(N(C)C)cc2)cc1. The largest absolute Gasteiger partial charge is 0.494 e. The van der Waals surface area contributed by atoms with E-state index in [9.17, 15) is 9.59 Å². The average Bonchev–Trinajstić information content (AvgIpc) is 2.67. The van der Waals surface area contributed by atoms with Gasteiger partial charge >= 0.3 is 6.03 Å². The summed E-state index contributed by atoms with van der Waals surface area (Å²) in [7, 11) is 3.94. The Balaban J connectivity index is 1.70. The number of anilines is 2. The second-order valence-corrected chi connectivity index (χ2v) is 6.10. The van der Waals surface area contributed by atoms with E-state index in [2.05, 4.69) is 16.0 Å².